The molecule has 1 aromatic heterocycles. The number of aromatic nitrogens is 2. The summed E-state index contributed by atoms with van der Waals surface area (Å²) >= 11 is 0. The number of unbranched alkanes of at least 4 members (excludes halogenated alkanes) is 1. The van der Waals surface area contributed by atoms with Gasteiger partial charge in [0.25, 0.3) is 0 Å². The van der Waals surface area contributed by atoms with Gasteiger partial charge < -0.3 is 11.1 Å². The number of amides is 1. The Labute approximate surface area is 170 Å². The molecule has 5 N–H and O–H groups in total. The van der Waals surface area contributed by atoms with Gasteiger partial charge in [-0.1, -0.05) is 74.0 Å². The average Bonchev–Trinajstić information content (AvgIpc) is 2.76. The summed E-state index contributed by atoms with van der Waals surface area (Å²) in [6.45, 7) is 2.89. The fourth-order valence-electron chi connectivity index (χ4n) is 3.00. The molecule has 0 spiro atoms. The first-order valence-electron chi connectivity index (χ1n) is 9.70. The Bertz CT molecular complexity index is 878. The summed E-state index contributed by atoms with van der Waals surface area (Å²) < 4.78 is 0. The number of nitrogens with zero attached hydrogens (tertiary/aromatic N) is 2. The normalized spacial score (nSPS) is 10.6. The Morgan fingerprint density at radius 3 is 2.14 bits per heavy atom. The maximum Gasteiger partial charge on any atom is 0.250 e. The first kappa shape index (κ1) is 20.1. The molecular weight excluding hydrogens is 364 g/mol. The second-order valence-electron chi connectivity index (χ2n) is 6.63. The van der Waals surface area contributed by atoms with E-state index in [0.29, 0.717) is 17.3 Å². The van der Waals surface area contributed by atoms with Gasteiger partial charge in [0.05, 0.1) is 5.92 Å². The Morgan fingerprint density at radius 2 is 1.55 bits per heavy atom. The van der Waals surface area contributed by atoms with Crippen molar-refractivity contribution in [3.05, 3.63) is 78.1 Å². The van der Waals surface area contributed by atoms with E-state index in [1.807, 2.05) is 60.7 Å². The minimum Gasteiger partial charge on any atom is -0.393 e. The number of hydrazine groups is 1. The lowest BCUT2D eigenvalue weighted by atomic mass is 9.91. The van der Waals surface area contributed by atoms with E-state index < -0.39 is 5.92 Å². The topological polar surface area (TPSA) is 105 Å². The molecule has 7 nitrogen and oxygen atoms in total. The predicted octanol–water partition coefficient (Wildman–Crippen LogP) is 3.55. The van der Waals surface area contributed by atoms with Crippen LogP contribution in [0.2, 0.25) is 0 Å². The standard InChI is InChI=1S/C22H26N6O/c1-2-3-14-24-20-19(23)21(26-15-25-20)27-28-22(29)18(16-10-6-4-7-11-16)17-12-8-5-9-13-17/h4-13,15,18H,2-3,14,23H2,1H3,(H,28,29)(H2,24,25,26,27). The number of anilines is 3. The number of benzene rings is 2. The number of nitrogen functional groups attached to an aromatic ring is 1. The first-order chi connectivity index (χ1) is 14.2. The second-order valence-corrected chi connectivity index (χ2v) is 6.63. The molecule has 3 rings (SSSR count). The molecule has 0 aliphatic carbocycles. The molecule has 0 aliphatic heterocycles. The van der Waals surface area contributed by atoms with Gasteiger partial charge in [-0.25, -0.2) is 9.97 Å². The highest BCUT2D eigenvalue weighted by Gasteiger charge is 2.22. The van der Waals surface area contributed by atoms with Crippen LogP contribution in [0.1, 0.15) is 36.8 Å². The van der Waals surface area contributed by atoms with Crippen LogP contribution in [0.4, 0.5) is 17.3 Å². The molecule has 0 atom stereocenters. The number of carbonyl (C=O) groups excluding carboxylic acids is 1. The second kappa shape index (κ2) is 10.1. The smallest absolute Gasteiger partial charge is 0.250 e. The molecule has 7 heteroatoms. The van der Waals surface area contributed by atoms with Gasteiger partial charge in [-0.3, -0.25) is 15.6 Å². The highest BCUT2D eigenvalue weighted by Crippen LogP contribution is 2.25. The van der Waals surface area contributed by atoms with Crippen molar-refractivity contribution in [1.29, 1.82) is 0 Å². The Hall–Kier alpha value is -3.61. The van der Waals surface area contributed by atoms with Gasteiger partial charge in [0.1, 0.15) is 12.0 Å². The monoisotopic (exact) mass is 390 g/mol. The molecule has 3 aromatic rings. The lowest BCUT2D eigenvalue weighted by molar-refractivity contribution is -0.121. The molecule has 150 valence electrons. The van der Waals surface area contributed by atoms with Crippen molar-refractivity contribution in [2.75, 3.05) is 23.0 Å². The molecule has 29 heavy (non-hydrogen) atoms. The zero-order valence-corrected chi connectivity index (χ0v) is 16.4. The third-order valence-corrected chi connectivity index (χ3v) is 4.54. The Morgan fingerprint density at radius 1 is 0.966 bits per heavy atom. The minimum absolute atomic E-state index is 0.207. The maximum atomic E-state index is 13.1. The number of nitrogens with one attached hydrogen (secondary N) is 3. The quantitative estimate of drug-likeness (QED) is 0.329. The molecule has 0 radical (unpaired) electrons. The summed E-state index contributed by atoms with van der Waals surface area (Å²) in [7, 11) is 0. The first-order valence-corrected chi connectivity index (χ1v) is 9.70. The van der Waals surface area contributed by atoms with Crippen LogP contribution >= 0.6 is 0 Å². The predicted molar refractivity (Wildman–Crippen MR) is 116 cm³/mol. The maximum absolute atomic E-state index is 13.1. The zero-order valence-electron chi connectivity index (χ0n) is 16.4. The summed E-state index contributed by atoms with van der Waals surface area (Å²) in [6, 6.07) is 19.3. The Balaban J connectivity index is 1.75. The van der Waals surface area contributed by atoms with Crippen molar-refractivity contribution in [3.8, 4) is 0 Å². The third kappa shape index (κ3) is 5.22. The number of hydrogen-bond donors (Lipinski definition) is 4. The van der Waals surface area contributed by atoms with Crippen LogP contribution in [0, 0.1) is 0 Å². The van der Waals surface area contributed by atoms with Gasteiger partial charge in [0, 0.05) is 6.54 Å². The van der Waals surface area contributed by atoms with Crippen molar-refractivity contribution >= 4 is 23.2 Å². The van der Waals surface area contributed by atoms with Crippen LogP contribution in [0.5, 0.6) is 0 Å². The molecule has 0 aliphatic rings. The fourth-order valence-corrected chi connectivity index (χ4v) is 3.00. The van der Waals surface area contributed by atoms with Crippen molar-refractivity contribution in [2.24, 2.45) is 0 Å². The van der Waals surface area contributed by atoms with E-state index in [-0.39, 0.29) is 5.91 Å². The van der Waals surface area contributed by atoms with Crippen molar-refractivity contribution in [2.45, 2.75) is 25.7 Å². The van der Waals surface area contributed by atoms with E-state index in [1.165, 1.54) is 6.33 Å². The molecule has 0 bridgehead atoms. The third-order valence-electron chi connectivity index (χ3n) is 4.54. The van der Waals surface area contributed by atoms with Crippen LogP contribution in [-0.4, -0.2) is 22.4 Å². The molecule has 0 saturated carbocycles. The van der Waals surface area contributed by atoms with Crippen molar-refractivity contribution in [1.82, 2.24) is 15.4 Å². The Kier molecular flexibility index (Phi) is 7.00. The number of rotatable bonds is 9. The highest BCUT2D eigenvalue weighted by molar-refractivity contribution is 5.88. The van der Waals surface area contributed by atoms with Crippen molar-refractivity contribution < 1.29 is 4.79 Å². The summed E-state index contributed by atoms with van der Waals surface area (Å²) in [5.41, 5.74) is 13.9. The van der Waals surface area contributed by atoms with E-state index >= 15 is 0 Å². The summed E-state index contributed by atoms with van der Waals surface area (Å²) in [5, 5.41) is 3.19. The zero-order chi connectivity index (χ0) is 20.5. The average molecular weight is 390 g/mol. The fraction of sp³-hybridized carbons (Fsp3) is 0.227. The molecule has 0 fully saturated rings. The van der Waals surface area contributed by atoms with E-state index in [1.54, 1.807) is 0 Å². The van der Waals surface area contributed by atoms with Crippen LogP contribution < -0.4 is 21.9 Å². The minimum atomic E-state index is -0.463. The SMILES string of the molecule is CCCCNc1ncnc(NNC(=O)C(c2ccccc2)c2ccccc2)c1N. The number of nitrogens with two attached hydrogens (primary N) is 1. The van der Waals surface area contributed by atoms with Gasteiger partial charge in [-0.2, -0.15) is 0 Å². The number of carbonyl (C=O) groups is 1. The van der Waals surface area contributed by atoms with Crippen LogP contribution in [0.15, 0.2) is 67.0 Å². The van der Waals surface area contributed by atoms with Gasteiger partial charge in [0.2, 0.25) is 5.91 Å². The van der Waals surface area contributed by atoms with Gasteiger partial charge >= 0.3 is 0 Å². The van der Waals surface area contributed by atoms with Gasteiger partial charge in [-0.05, 0) is 17.5 Å². The lowest BCUT2D eigenvalue weighted by Gasteiger charge is -2.19. The summed E-state index contributed by atoms with van der Waals surface area (Å²) in [5.74, 6) is 0.233. The van der Waals surface area contributed by atoms with Crippen LogP contribution in [0.25, 0.3) is 0 Å². The van der Waals surface area contributed by atoms with E-state index in [9.17, 15) is 4.79 Å². The molecule has 0 saturated heterocycles. The highest BCUT2D eigenvalue weighted by atomic mass is 16.2. The summed E-state index contributed by atoms with van der Waals surface area (Å²) in [6.07, 6.45) is 3.49. The molecule has 1 heterocycles. The molecule has 0 unspecified atom stereocenters. The van der Waals surface area contributed by atoms with Crippen LogP contribution in [-0.2, 0) is 4.79 Å². The molecular formula is C22H26N6O. The lowest BCUT2D eigenvalue weighted by Crippen LogP contribution is -2.35. The van der Waals surface area contributed by atoms with Crippen LogP contribution in [0.3, 0.4) is 0 Å². The number of hydrogen-bond acceptors (Lipinski definition) is 6. The molecule has 1 amide bonds. The van der Waals surface area contributed by atoms with Crippen molar-refractivity contribution in [3.63, 3.8) is 0 Å². The van der Waals surface area contributed by atoms with E-state index in [0.717, 1.165) is 30.5 Å². The van der Waals surface area contributed by atoms with Gasteiger partial charge in [-0.15, -0.1) is 0 Å². The van der Waals surface area contributed by atoms with E-state index in [4.69, 9.17) is 5.73 Å². The molecule has 2 aromatic carbocycles. The van der Waals surface area contributed by atoms with Gasteiger partial charge in [0.15, 0.2) is 11.6 Å². The largest absolute Gasteiger partial charge is 0.393 e. The summed E-state index contributed by atoms with van der Waals surface area (Å²) in [4.78, 5) is 21.4. The van der Waals surface area contributed by atoms with E-state index in [2.05, 4.69) is 33.1 Å².